The first-order valence-electron chi connectivity index (χ1n) is 16.8. The van der Waals surface area contributed by atoms with Crippen molar-refractivity contribution < 1.29 is 0 Å². The van der Waals surface area contributed by atoms with Gasteiger partial charge in [0.25, 0.3) is 0 Å². The van der Waals surface area contributed by atoms with E-state index in [1.54, 1.807) is 0 Å². The lowest BCUT2D eigenvalue weighted by molar-refractivity contribution is 1.70. The quantitative estimate of drug-likeness (QED) is 0.164. The van der Waals surface area contributed by atoms with E-state index in [9.17, 15) is 0 Å². The van der Waals surface area contributed by atoms with E-state index in [1.807, 2.05) is 0 Å². The van der Waals surface area contributed by atoms with Gasteiger partial charge in [0.2, 0.25) is 0 Å². The average Bonchev–Trinajstić information content (AvgIpc) is 3.63. The van der Waals surface area contributed by atoms with Gasteiger partial charge in [0.05, 0.1) is 0 Å². The first-order valence-corrected chi connectivity index (χ1v) is 16.8. The molecule has 48 heavy (non-hydrogen) atoms. The molecule has 10 aromatic carbocycles. The van der Waals surface area contributed by atoms with Crippen LogP contribution in [0.5, 0.6) is 0 Å². The molecule has 10 aromatic rings. The zero-order valence-electron chi connectivity index (χ0n) is 26.0. The van der Waals surface area contributed by atoms with Gasteiger partial charge in [-0.15, -0.1) is 0 Å². The van der Waals surface area contributed by atoms with Gasteiger partial charge in [-0.1, -0.05) is 127 Å². The molecule has 0 N–H and O–H groups in total. The summed E-state index contributed by atoms with van der Waals surface area (Å²) in [5, 5.41) is 15.7. The van der Waals surface area contributed by atoms with Crippen LogP contribution in [0, 0.1) is 0 Å². The first kappa shape index (κ1) is 24.9. The Hall–Kier alpha value is -6.24. The van der Waals surface area contributed by atoms with Crippen LogP contribution < -0.4 is 0 Å². The van der Waals surface area contributed by atoms with Gasteiger partial charge in [-0.25, -0.2) is 0 Å². The van der Waals surface area contributed by atoms with Crippen LogP contribution in [0.4, 0.5) is 0 Å². The van der Waals surface area contributed by atoms with Crippen molar-refractivity contribution >= 4 is 64.6 Å². The molecule has 0 aliphatic heterocycles. The third kappa shape index (κ3) is 3.06. The van der Waals surface area contributed by atoms with Gasteiger partial charge in [-0.05, 0) is 151 Å². The Bertz CT molecular complexity index is 3090. The summed E-state index contributed by atoms with van der Waals surface area (Å²) in [5.74, 6) is 0. The first-order chi connectivity index (χ1) is 23.8. The highest BCUT2D eigenvalue weighted by atomic mass is 14.3. The minimum absolute atomic E-state index is 1.27. The second-order valence-electron chi connectivity index (χ2n) is 13.6. The van der Waals surface area contributed by atoms with Crippen LogP contribution in [0.3, 0.4) is 0 Å². The molecule has 0 radical (unpaired) electrons. The summed E-state index contributed by atoms with van der Waals surface area (Å²) in [6.45, 7) is 0. The van der Waals surface area contributed by atoms with Gasteiger partial charge in [0, 0.05) is 0 Å². The third-order valence-electron chi connectivity index (χ3n) is 11.3. The predicted octanol–water partition coefficient (Wildman–Crippen LogP) is 13.6. The molecule has 0 nitrogen and oxygen atoms in total. The van der Waals surface area contributed by atoms with Crippen LogP contribution in [-0.2, 0) is 0 Å². The van der Waals surface area contributed by atoms with E-state index < -0.39 is 0 Å². The maximum absolute atomic E-state index is 2.49. The van der Waals surface area contributed by atoms with E-state index in [-0.39, 0.29) is 0 Å². The highest BCUT2D eigenvalue weighted by molar-refractivity contribution is 6.27. The summed E-state index contributed by atoms with van der Waals surface area (Å²) in [4.78, 5) is 0. The Kier molecular flexibility index (Phi) is 4.55. The standard InChI is InChI=1S/C48H26/c1-2-14-31-27(8-1)9-3-15-32(31)41-24-40-33(42-25-44-36-18-6-12-29-13-7-19-37(48(29)36)45(44)26-46(41)42)21-20-30-22-39-34-16-4-10-28-11-5-17-35(47(28)34)43(39)23-38(30)40/h1-26H. The van der Waals surface area contributed by atoms with Gasteiger partial charge >= 0.3 is 0 Å². The van der Waals surface area contributed by atoms with E-state index in [0.717, 1.165) is 0 Å². The van der Waals surface area contributed by atoms with E-state index >= 15 is 0 Å². The van der Waals surface area contributed by atoms with E-state index in [4.69, 9.17) is 0 Å². The Morgan fingerprint density at radius 1 is 0.188 bits per heavy atom. The van der Waals surface area contributed by atoms with Crippen molar-refractivity contribution in [3.63, 3.8) is 0 Å². The molecule has 0 heterocycles. The molecular weight excluding hydrogens is 577 g/mol. The van der Waals surface area contributed by atoms with Crippen molar-refractivity contribution in [2.75, 3.05) is 0 Å². The second-order valence-corrected chi connectivity index (χ2v) is 13.6. The lowest BCUT2D eigenvalue weighted by Crippen LogP contribution is -1.90. The lowest BCUT2D eigenvalue weighted by Gasteiger charge is -2.17. The van der Waals surface area contributed by atoms with Crippen molar-refractivity contribution in [2.45, 2.75) is 0 Å². The van der Waals surface area contributed by atoms with Crippen molar-refractivity contribution in [1.82, 2.24) is 0 Å². The Morgan fingerprint density at radius 3 is 1.29 bits per heavy atom. The van der Waals surface area contributed by atoms with Gasteiger partial charge in [0.1, 0.15) is 0 Å². The highest BCUT2D eigenvalue weighted by Gasteiger charge is 2.25. The fourth-order valence-corrected chi connectivity index (χ4v) is 9.21. The summed E-state index contributed by atoms with van der Waals surface area (Å²) >= 11 is 0. The summed E-state index contributed by atoms with van der Waals surface area (Å²) in [6.07, 6.45) is 0. The highest BCUT2D eigenvalue weighted by Crippen LogP contribution is 2.53. The molecule has 0 aromatic heterocycles. The molecule has 0 spiro atoms. The smallest absolute Gasteiger partial charge is 0.00264 e. The topological polar surface area (TPSA) is 0 Å². The predicted molar refractivity (Wildman–Crippen MR) is 206 cm³/mol. The van der Waals surface area contributed by atoms with Crippen molar-refractivity contribution in [1.29, 1.82) is 0 Å². The number of benzene rings is 10. The minimum atomic E-state index is 1.27. The Labute approximate surface area is 277 Å². The lowest BCUT2D eigenvalue weighted by atomic mass is 9.86. The maximum Gasteiger partial charge on any atom is -0.00264 e. The molecule has 12 rings (SSSR count). The molecule has 0 atom stereocenters. The van der Waals surface area contributed by atoms with Crippen LogP contribution in [-0.4, -0.2) is 0 Å². The van der Waals surface area contributed by atoms with E-state index in [2.05, 4.69) is 158 Å². The molecule has 0 amide bonds. The fourth-order valence-electron chi connectivity index (χ4n) is 9.21. The largest absolute Gasteiger partial charge is 0.0616 e. The SMILES string of the molecule is c1ccc2c(-c3cc4c5cc6c(cc5ccc4c4cc5c(cc34)-c3cccc4cccc-5c34)-c3cccc4cccc-6c34)cccc2c1. The molecule has 0 saturated carbocycles. The van der Waals surface area contributed by atoms with Crippen LogP contribution in [0.2, 0.25) is 0 Å². The zero-order valence-corrected chi connectivity index (χ0v) is 26.0. The summed E-state index contributed by atoms with van der Waals surface area (Å²) in [5.41, 5.74) is 13.3. The molecule has 0 saturated heterocycles. The molecular formula is C48H26. The monoisotopic (exact) mass is 602 g/mol. The maximum atomic E-state index is 2.49. The summed E-state index contributed by atoms with van der Waals surface area (Å²) in [6, 6.07) is 59.6. The van der Waals surface area contributed by atoms with Gasteiger partial charge in [-0.3, -0.25) is 0 Å². The summed E-state index contributed by atoms with van der Waals surface area (Å²) < 4.78 is 0. The molecule has 0 heteroatoms. The molecule has 0 bridgehead atoms. The van der Waals surface area contributed by atoms with E-state index in [1.165, 1.54) is 120 Å². The zero-order chi connectivity index (χ0) is 31.1. The average molecular weight is 603 g/mol. The van der Waals surface area contributed by atoms with E-state index in [0.29, 0.717) is 0 Å². The van der Waals surface area contributed by atoms with Gasteiger partial charge < -0.3 is 0 Å². The fraction of sp³-hybridized carbons (Fsp3) is 0. The number of hydrogen-bond donors (Lipinski definition) is 0. The van der Waals surface area contributed by atoms with Crippen LogP contribution in [0.15, 0.2) is 158 Å². The minimum Gasteiger partial charge on any atom is -0.0616 e. The molecule has 0 fully saturated rings. The number of hydrogen-bond acceptors (Lipinski definition) is 0. The summed E-state index contributed by atoms with van der Waals surface area (Å²) in [7, 11) is 0. The molecule has 218 valence electrons. The molecule has 2 aliphatic rings. The Balaban J connectivity index is 1.25. The third-order valence-corrected chi connectivity index (χ3v) is 11.3. The van der Waals surface area contributed by atoms with Crippen molar-refractivity contribution in [3.8, 4) is 55.6 Å². The Morgan fingerprint density at radius 2 is 0.646 bits per heavy atom. The van der Waals surface area contributed by atoms with Crippen LogP contribution in [0.1, 0.15) is 0 Å². The normalized spacial score (nSPS) is 12.6. The number of fused-ring (bicyclic) bond motifs is 12. The van der Waals surface area contributed by atoms with Crippen molar-refractivity contribution in [3.05, 3.63) is 158 Å². The van der Waals surface area contributed by atoms with Gasteiger partial charge in [0.15, 0.2) is 0 Å². The number of rotatable bonds is 1. The molecule has 0 unspecified atom stereocenters. The molecule has 2 aliphatic carbocycles. The second kappa shape index (κ2) is 8.76. The van der Waals surface area contributed by atoms with Gasteiger partial charge in [-0.2, -0.15) is 0 Å². The van der Waals surface area contributed by atoms with Crippen LogP contribution in [0.25, 0.3) is 120 Å². The van der Waals surface area contributed by atoms with Crippen molar-refractivity contribution in [2.24, 2.45) is 0 Å². The van der Waals surface area contributed by atoms with Crippen LogP contribution >= 0.6 is 0 Å².